The number of para-hydroxylation sites is 1. The Kier molecular flexibility index (Phi) is 5.37. The smallest absolute Gasteiger partial charge is 0.0398 e. The quantitative estimate of drug-likeness (QED) is 0.723. The second-order valence-corrected chi connectivity index (χ2v) is 4.57. The number of hydrogen-bond donors (Lipinski definition) is 0. The Hall–Kier alpha value is -0.980. The van der Waals surface area contributed by atoms with Gasteiger partial charge in [-0.2, -0.15) is 0 Å². The van der Waals surface area contributed by atoms with E-state index in [4.69, 9.17) is 0 Å². The van der Waals surface area contributed by atoms with Crippen molar-refractivity contribution in [1.82, 2.24) is 0 Å². The first kappa shape index (κ1) is 13.1. The molecule has 1 aliphatic heterocycles. The predicted molar refractivity (Wildman–Crippen MR) is 73.2 cm³/mol. The first-order valence-electron chi connectivity index (χ1n) is 6.60. The van der Waals surface area contributed by atoms with E-state index in [1.54, 1.807) is 0 Å². The van der Waals surface area contributed by atoms with Gasteiger partial charge < -0.3 is 4.90 Å². The molecule has 0 spiro atoms. The fraction of sp³-hybridized carbons (Fsp3) is 0.600. The van der Waals surface area contributed by atoms with Gasteiger partial charge in [0, 0.05) is 18.8 Å². The molecule has 1 aromatic rings. The molecule has 90 valence electrons. The highest BCUT2D eigenvalue weighted by atomic mass is 15.1. The summed E-state index contributed by atoms with van der Waals surface area (Å²) in [6, 6.07) is 8.83. The van der Waals surface area contributed by atoms with Crippen LogP contribution in [0.15, 0.2) is 24.3 Å². The van der Waals surface area contributed by atoms with Crippen molar-refractivity contribution in [2.75, 3.05) is 18.0 Å². The van der Waals surface area contributed by atoms with E-state index in [1.807, 2.05) is 13.8 Å². The molecule has 0 saturated carbocycles. The van der Waals surface area contributed by atoms with Crippen molar-refractivity contribution in [2.24, 2.45) is 5.92 Å². The molecule has 0 aromatic heterocycles. The van der Waals surface area contributed by atoms with Gasteiger partial charge in [0.1, 0.15) is 0 Å². The summed E-state index contributed by atoms with van der Waals surface area (Å²) in [5.41, 5.74) is 2.99. The SMILES string of the molecule is CC.CC(C)CN1CCCc2ccccc21. The summed E-state index contributed by atoms with van der Waals surface area (Å²) >= 11 is 0. The summed E-state index contributed by atoms with van der Waals surface area (Å²) in [6.07, 6.45) is 2.56. The standard InChI is InChI=1S/C13H19N.C2H6/c1-11(2)10-14-9-5-7-12-6-3-4-8-13(12)14;1-2/h3-4,6,8,11H,5,7,9-10H2,1-2H3;1-2H3. The van der Waals surface area contributed by atoms with Crippen LogP contribution >= 0.6 is 0 Å². The molecule has 0 saturated heterocycles. The lowest BCUT2D eigenvalue weighted by Gasteiger charge is -2.32. The van der Waals surface area contributed by atoms with Gasteiger partial charge in [-0.15, -0.1) is 0 Å². The van der Waals surface area contributed by atoms with Gasteiger partial charge in [0.25, 0.3) is 0 Å². The van der Waals surface area contributed by atoms with Gasteiger partial charge >= 0.3 is 0 Å². The Labute approximate surface area is 100 Å². The number of nitrogens with zero attached hydrogens (tertiary/aromatic N) is 1. The van der Waals surface area contributed by atoms with Crippen LogP contribution in [0.2, 0.25) is 0 Å². The lowest BCUT2D eigenvalue weighted by Crippen LogP contribution is -2.32. The second kappa shape index (κ2) is 6.57. The van der Waals surface area contributed by atoms with Crippen molar-refractivity contribution in [2.45, 2.75) is 40.5 Å². The van der Waals surface area contributed by atoms with Crippen LogP contribution in [-0.4, -0.2) is 13.1 Å². The van der Waals surface area contributed by atoms with Crippen LogP contribution in [0, 0.1) is 5.92 Å². The van der Waals surface area contributed by atoms with Gasteiger partial charge in [-0.05, 0) is 30.4 Å². The van der Waals surface area contributed by atoms with E-state index < -0.39 is 0 Å². The Bertz CT molecular complexity index is 304. The molecule has 0 bridgehead atoms. The molecule has 1 heterocycles. The summed E-state index contributed by atoms with van der Waals surface area (Å²) in [5.74, 6) is 0.751. The molecule has 0 atom stereocenters. The highest BCUT2D eigenvalue weighted by Gasteiger charge is 2.16. The van der Waals surface area contributed by atoms with Crippen molar-refractivity contribution < 1.29 is 0 Å². The molecular weight excluding hydrogens is 194 g/mol. The van der Waals surface area contributed by atoms with E-state index in [9.17, 15) is 0 Å². The summed E-state index contributed by atoms with van der Waals surface area (Å²) in [4.78, 5) is 2.53. The minimum absolute atomic E-state index is 0.751. The van der Waals surface area contributed by atoms with E-state index >= 15 is 0 Å². The fourth-order valence-electron chi connectivity index (χ4n) is 2.24. The summed E-state index contributed by atoms with van der Waals surface area (Å²) in [7, 11) is 0. The molecule has 16 heavy (non-hydrogen) atoms. The molecule has 0 aliphatic carbocycles. The molecule has 0 amide bonds. The number of benzene rings is 1. The first-order chi connectivity index (χ1) is 7.77. The lowest BCUT2D eigenvalue weighted by atomic mass is 10.0. The monoisotopic (exact) mass is 219 g/mol. The van der Waals surface area contributed by atoms with E-state index in [-0.39, 0.29) is 0 Å². The van der Waals surface area contributed by atoms with Crippen LogP contribution in [0.4, 0.5) is 5.69 Å². The maximum Gasteiger partial charge on any atom is 0.0398 e. The molecule has 2 rings (SSSR count). The van der Waals surface area contributed by atoms with Crippen molar-refractivity contribution in [3.05, 3.63) is 29.8 Å². The van der Waals surface area contributed by atoms with Gasteiger partial charge in [-0.25, -0.2) is 0 Å². The number of anilines is 1. The summed E-state index contributed by atoms with van der Waals surface area (Å²) < 4.78 is 0. The van der Waals surface area contributed by atoms with E-state index in [0.717, 1.165) is 5.92 Å². The van der Waals surface area contributed by atoms with Crippen LogP contribution in [-0.2, 0) is 6.42 Å². The number of fused-ring (bicyclic) bond motifs is 1. The van der Waals surface area contributed by atoms with Crippen LogP contribution < -0.4 is 4.90 Å². The van der Waals surface area contributed by atoms with Gasteiger partial charge in [0.2, 0.25) is 0 Å². The van der Waals surface area contributed by atoms with Crippen LogP contribution in [0.25, 0.3) is 0 Å². The number of hydrogen-bond acceptors (Lipinski definition) is 1. The molecule has 1 aliphatic rings. The van der Waals surface area contributed by atoms with Gasteiger partial charge in [0.05, 0.1) is 0 Å². The molecule has 0 radical (unpaired) electrons. The molecule has 1 nitrogen and oxygen atoms in total. The highest BCUT2D eigenvalue weighted by Crippen LogP contribution is 2.26. The molecule has 0 unspecified atom stereocenters. The van der Waals surface area contributed by atoms with E-state index in [1.165, 1.54) is 37.2 Å². The van der Waals surface area contributed by atoms with E-state index in [0.29, 0.717) is 0 Å². The average Bonchev–Trinajstić information content (AvgIpc) is 2.31. The topological polar surface area (TPSA) is 3.24 Å². The maximum absolute atomic E-state index is 2.53. The van der Waals surface area contributed by atoms with Crippen molar-refractivity contribution in [3.8, 4) is 0 Å². The zero-order chi connectivity index (χ0) is 12.0. The normalized spacial score (nSPS) is 14.2. The van der Waals surface area contributed by atoms with Crippen LogP contribution in [0.1, 0.15) is 39.7 Å². The third-order valence-corrected chi connectivity index (χ3v) is 2.79. The molecule has 0 fully saturated rings. The van der Waals surface area contributed by atoms with Gasteiger partial charge in [0.15, 0.2) is 0 Å². The molecule has 1 aromatic carbocycles. The highest BCUT2D eigenvalue weighted by molar-refractivity contribution is 5.55. The minimum Gasteiger partial charge on any atom is -0.371 e. The average molecular weight is 219 g/mol. The maximum atomic E-state index is 2.53. The van der Waals surface area contributed by atoms with Crippen molar-refractivity contribution in [1.29, 1.82) is 0 Å². The summed E-state index contributed by atoms with van der Waals surface area (Å²) in [5, 5.41) is 0. The number of rotatable bonds is 2. The first-order valence-corrected chi connectivity index (χ1v) is 6.60. The van der Waals surface area contributed by atoms with E-state index in [2.05, 4.69) is 43.0 Å². The Balaban J connectivity index is 0.000000606. The Morgan fingerprint density at radius 1 is 1.19 bits per heavy atom. The Morgan fingerprint density at radius 3 is 2.56 bits per heavy atom. The van der Waals surface area contributed by atoms with Crippen molar-refractivity contribution >= 4 is 5.69 Å². The zero-order valence-corrected chi connectivity index (χ0v) is 11.2. The largest absolute Gasteiger partial charge is 0.371 e. The minimum atomic E-state index is 0.751. The van der Waals surface area contributed by atoms with Crippen LogP contribution in [0.3, 0.4) is 0 Å². The number of aryl methyl sites for hydroxylation is 1. The predicted octanol–water partition coefficient (Wildman–Crippen LogP) is 4.12. The third-order valence-electron chi connectivity index (χ3n) is 2.79. The fourth-order valence-corrected chi connectivity index (χ4v) is 2.24. The lowest BCUT2D eigenvalue weighted by molar-refractivity contribution is 0.584. The van der Waals surface area contributed by atoms with Gasteiger partial charge in [-0.1, -0.05) is 45.9 Å². The second-order valence-electron chi connectivity index (χ2n) is 4.57. The Morgan fingerprint density at radius 2 is 1.88 bits per heavy atom. The zero-order valence-electron chi connectivity index (χ0n) is 11.2. The van der Waals surface area contributed by atoms with Gasteiger partial charge in [-0.3, -0.25) is 0 Å². The molecule has 1 heteroatoms. The van der Waals surface area contributed by atoms with Crippen molar-refractivity contribution in [3.63, 3.8) is 0 Å². The molecular formula is C15H25N. The molecule has 0 N–H and O–H groups in total. The summed E-state index contributed by atoms with van der Waals surface area (Å²) in [6.45, 7) is 11.0. The van der Waals surface area contributed by atoms with Crippen LogP contribution in [0.5, 0.6) is 0 Å². The third kappa shape index (κ3) is 3.26.